The largest absolute Gasteiger partial charge is 0.437 e. The van der Waals surface area contributed by atoms with Gasteiger partial charge in [-0.2, -0.15) is 0 Å². The summed E-state index contributed by atoms with van der Waals surface area (Å²) < 4.78 is 18.4. The maximum atomic E-state index is 13.1. The molecular formula is C13H14FN3O2S. The first-order valence-electron chi connectivity index (χ1n) is 5.87. The molecule has 0 bridgehead atoms. The maximum Gasteiger partial charge on any atom is 0.256 e. The molecule has 2 aromatic rings. The molecule has 0 aliphatic carbocycles. The minimum absolute atomic E-state index is 0.106. The molecule has 2 rings (SSSR count). The van der Waals surface area contributed by atoms with Gasteiger partial charge in [0, 0.05) is 0 Å². The average molecular weight is 295 g/mol. The molecule has 0 aliphatic heterocycles. The van der Waals surface area contributed by atoms with Crippen LogP contribution in [0.2, 0.25) is 0 Å². The number of hydrogen-bond donors (Lipinski definition) is 2. The van der Waals surface area contributed by atoms with E-state index < -0.39 is 5.82 Å². The standard InChI is InChI=1S/C13H14FN3O2S/c1-7-8(2)19-13(16-7)20-6-12(18)17-11-5-9(14)3-4-10(11)15/h3-5H,6,15H2,1-2H3,(H,17,18). The molecule has 0 aliphatic rings. The van der Waals surface area contributed by atoms with Crippen molar-refractivity contribution >= 4 is 29.0 Å². The second kappa shape index (κ2) is 5.96. The zero-order chi connectivity index (χ0) is 14.7. The van der Waals surface area contributed by atoms with Crippen molar-refractivity contribution in [3.05, 3.63) is 35.5 Å². The highest BCUT2D eigenvalue weighted by atomic mass is 32.2. The Morgan fingerprint density at radius 2 is 2.25 bits per heavy atom. The first-order valence-corrected chi connectivity index (χ1v) is 6.86. The normalized spacial score (nSPS) is 10.6. The van der Waals surface area contributed by atoms with Gasteiger partial charge in [0.1, 0.15) is 11.6 Å². The number of aromatic nitrogens is 1. The number of rotatable bonds is 4. The Balaban J connectivity index is 1.94. The second-order valence-electron chi connectivity index (χ2n) is 4.19. The molecule has 0 atom stereocenters. The highest BCUT2D eigenvalue weighted by Gasteiger charge is 2.11. The van der Waals surface area contributed by atoms with E-state index in [1.165, 1.54) is 30.0 Å². The van der Waals surface area contributed by atoms with Crippen molar-refractivity contribution in [1.82, 2.24) is 4.98 Å². The van der Waals surface area contributed by atoms with E-state index >= 15 is 0 Å². The molecule has 5 nitrogen and oxygen atoms in total. The number of nitrogen functional groups attached to an aromatic ring is 1. The number of carbonyl (C=O) groups excluding carboxylic acids is 1. The van der Waals surface area contributed by atoms with E-state index in [0.29, 0.717) is 10.9 Å². The molecule has 7 heteroatoms. The molecular weight excluding hydrogens is 281 g/mol. The number of amides is 1. The van der Waals surface area contributed by atoms with E-state index in [4.69, 9.17) is 10.2 Å². The van der Waals surface area contributed by atoms with Crippen molar-refractivity contribution in [2.75, 3.05) is 16.8 Å². The van der Waals surface area contributed by atoms with Gasteiger partial charge >= 0.3 is 0 Å². The van der Waals surface area contributed by atoms with Crippen molar-refractivity contribution in [2.24, 2.45) is 0 Å². The molecule has 0 radical (unpaired) electrons. The van der Waals surface area contributed by atoms with Crippen LogP contribution in [0, 0.1) is 19.7 Å². The van der Waals surface area contributed by atoms with Gasteiger partial charge in [0.25, 0.3) is 5.22 Å². The molecule has 1 heterocycles. The van der Waals surface area contributed by atoms with Crippen LogP contribution in [0.15, 0.2) is 27.8 Å². The van der Waals surface area contributed by atoms with Crippen LogP contribution in [0.25, 0.3) is 0 Å². The molecule has 0 spiro atoms. The van der Waals surface area contributed by atoms with Crippen LogP contribution in [0.5, 0.6) is 0 Å². The van der Waals surface area contributed by atoms with Crippen molar-refractivity contribution < 1.29 is 13.6 Å². The molecule has 20 heavy (non-hydrogen) atoms. The van der Waals surface area contributed by atoms with Crippen LogP contribution in [0.3, 0.4) is 0 Å². The Morgan fingerprint density at radius 1 is 1.50 bits per heavy atom. The Kier molecular flexibility index (Phi) is 4.29. The monoisotopic (exact) mass is 295 g/mol. The van der Waals surface area contributed by atoms with E-state index in [1.54, 1.807) is 6.92 Å². The minimum atomic E-state index is -0.457. The Morgan fingerprint density at radius 3 is 2.90 bits per heavy atom. The highest BCUT2D eigenvalue weighted by molar-refractivity contribution is 7.99. The lowest BCUT2D eigenvalue weighted by molar-refractivity contribution is -0.113. The molecule has 0 saturated heterocycles. The summed E-state index contributed by atoms with van der Waals surface area (Å²) in [7, 11) is 0. The van der Waals surface area contributed by atoms with Gasteiger partial charge in [-0.1, -0.05) is 11.8 Å². The number of nitrogens with two attached hydrogens (primary N) is 1. The van der Waals surface area contributed by atoms with Gasteiger partial charge in [0.15, 0.2) is 0 Å². The Bertz CT molecular complexity index is 623. The lowest BCUT2D eigenvalue weighted by Gasteiger charge is -2.07. The fourth-order valence-corrected chi connectivity index (χ4v) is 2.17. The second-order valence-corrected chi connectivity index (χ2v) is 5.12. The van der Waals surface area contributed by atoms with E-state index in [9.17, 15) is 9.18 Å². The predicted octanol–water partition coefficient (Wildman–Crippen LogP) is 2.74. The third-order valence-corrected chi connectivity index (χ3v) is 3.45. The summed E-state index contributed by atoms with van der Waals surface area (Å²) >= 11 is 1.17. The van der Waals surface area contributed by atoms with Crippen LogP contribution in [-0.2, 0) is 4.79 Å². The summed E-state index contributed by atoms with van der Waals surface area (Å²) in [6.07, 6.45) is 0. The Labute approximate surface area is 119 Å². The predicted molar refractivity (Wildman–Crippen MR) is 76.1 cm³/mol. The first-order chi connectivity index (χ1) is 9.45. The van der Waals surface area contributed by atoms with Gasteiger partial charge in [-0.25, -0.2) is 9.37 Å². The van der Waals surface area contributed by atoms with Gasteiger partial charge in [-0.3, -0.25) is 4.79 Å². The fourth-order valence-electron chi connectivity index (χ4n) is 1.46. The number of oxazole rings is 1. The van der Waals surface area contributed by atoms with E-state index in [2.05, 4.69) is 10.3 Å². The van der Waals surface area contributed by atoms with Gasteiger partial charge < -0.3 is 15.5 Å². The third-order valence-electron chi connectivity index (χ3n) is 2.63. The van der Waals surface area contributed by atoms with Crippen molar-refractivity contribution in [2.45, 2.75) is 19.1 Å². The van der Waals surface area contributed by atoms with Gasteiger partial charge in [0.05, 0.1) is 22.8 Å². The summed E-state index contributed by atoms with van der Waals surface area (Å²) in [6.45, 7) is 3.64. The molecule has 3 N–H and O–H groups in total. The molecule has 1 amide bonds. The van der Waals surface area contributed by atoms with Crippen LogP contribution in [0.4, 0.5) is 15.8 Å². The molecule has 1 aromatic carbocycles. The van der Waals surface area contributed by atoms with Crippen LogP contribution in [0.1, 0.15) is 11.5 Å². The number of hydrogen-bond acceptors (Lipinski definition) is 5. The lowest BCUT2D eigenvalue weighted by Crippen LogP contribution is -2.15. The summed E-state index contributed by atoms with van der Waals surface area (Å²) in [5.41, 5.74) is 7.02. The summed E-state index contributed by atoms with van der Waals surface area (Å²) in [4.78, 5) is 15.9. The van der Waals surface area contributed by atoms with Crippen molar-refractivity contribution in [3.8, 4) is 0 Å². The zero-order valence-corrected chi connectivity index (χ0v) is 11.9. The van der Waals surface area contributed by atoms with Crippen LogP contribution < -0.4 is 11.1 Å². The number of carbonyl (C=O) groups is 1. The quantitative estimate of drug-likeness (QED) is 0.669. The van der Waals surface area contributed by atoms with Gasteiger partial charge in [0.2, 0.25) is 5.91 Å². The number of nitrogens with one attached hydrogen (secondary N) is 1. The Hall–Kier alpha value is -2.02. The van der Waals surface area contributed by atoms with Crippen molar-refractivity contribution in [1.29, 1.82) is 0 Å². The molecule has 0 saturated carbocycles. The smallest absolute Gasteiger partial charge is 0.256 e. The molecule has 1 aromatic heterocycles. The number of nitrogens with zero attached hydrogens (tertiary/aromatic N) is 1. The number of anilines is 2. The SMILES string of the molecule is Cc1nc(SCC(=O)Nc2cc(F)ccc2N)oc1C. The topological polar surface area (TPSA) is 81.2 Å². The number of halogens is 1. The highest BCUT2D eigenvalue weighted by Crippen LogP contribution is 2.22. The number of benzene rings is 1. The third kappa shape index (κ3) is 3.51. The van der Waals surface area contributed by atoms with Crippen molar-refractivity contribution in [3.63, 3.8) is 0 Å². The minimum Gasteiger partial charge on any atom is -0.437 e. The summed E-state index contributed by atoms with van der Waals surface area (Å²) in [5.74, 6) is 0.0687. The van der Waals surface area contributed by atoms with Crippen LogP contribution >= 0.6 is 11.8 Å². The summed E-state index contributed by atoms with van der Waals surface area (Å²) in [6, 6.07) is 3.81. The van der Waals surface area contributed by atoms with E-state index in [0.717, 1.165) is 11.5 Å². The molecule has 0 fully saturated rings. The number of aryl methyl sites for hydroxylation is 2. The zero-order valence-electron chi connectivity index (χ0n) is 11.1. The maximum absolute atomic E-state index is 13.1. The average Bonchev–Trinajstić information content (AvgIpc) is 2.71. The summed E-state index contributed by atoms with van der Waals surface area (Å²) in [5, 5.41) is 2.98. The number of thioether (sulfide) groups is 1. The lowest BCUT2D eigenvalue weighted by atomic mass is 10.2. The van der Waals surface area contributed by atoms with Gasteiger partial charge in [-0.15, -0.1) is 0 Å². The molecule has 106 valence electrons. The first kappa shape index (κ1) is 14.4. The van der Waals surface area contributed by atoms with Crippen LogP contribution in [-0.4, -0.2) is 16.6 Å². The fraction of sp³-hybridized carbons (Fsp3) is 0.231. The van der Waals surface area contributed by atoms with Gasteiger partial charge in [-0.05, 0) is 32.0 Å². The van der Waals surface area contributed by atoms with E-state index in [1.807, 2.05) is 6.92 Å². The van der Waals surface area contributed by atoms with E-state index in [-0.39, 0.29) is 17.3 Å². The molecule has 0 unspecified atom stereocenters.